The van der Waals surface area contributed by atoms with Gasteiger partial charge in [0, 0.05) is 11.3 Å². The van der Waals surface area contributed by atoms with Crippen molar-refractivity contribution in [2.75, 3.05) is 12.4 Å². The number of anilines is 1. The summed E-state index contributed by atoms with van der Waals surface area (Å²) in [7, 11) is 1.31. The molecule has 0 radical (unpaired) electrons. The third-order valence-corrected chi connectivity index (χ3v) is 3.35. The number of hydrogen-bond donors (Lipinski definition) is 1. The van der Waals surface area contributed by atoms with Crippen LogP contribution in [0, 0.1) is 0 Å². The first kappa shape index (κ1) is 15.4. The van der Waals surface area contributed by atoms with E-state index in [0.717, 1.165) is 5.69 Å². The number of hydrogen-bond acceptors (Lipinski definition) is 5. The number of carbonyl (C=O) groups is 2. The Bertz CT molecular complexity index is 858. The van der Waals surface area contributed by atoms with Crippen LogP contribution in [0.3, 0.4) is 0 Å². The highest BCUT2D eigenvalue weighted by atomic mass is 16.5. The van der Waals surface area contributed by atoms with Gasteiger partial charge >= 0.3 is 5.97 Å². The van der Waals surface area contributed by atoms with Crippen LogP contribution in [0.5, 0.6) is 0 Å². The van der Waals surface area contributed by atoms with Crippen LogP contribution in [0.1, 0.15) is 20.7 Å². The van der Waals surface area contributed by atoms with E-state index >= 15 is 0 Å². The van der Waals surface area contributed by atoms with Gasteiger partial charge in [0.05, 0.1) is 18.4 Å². The molecule has 1 heterocycles. The Kier molecular flexibility index (Phi) is 4.33. The number of aromatic nitrogens is 3. The highest BCUT2D eigenvalue weighted by Gasteiger charge is 2.09. The maximum atomic E-state index is 12.3. The minimum Gasteiger partial charge on any atom is -0.465 e. The zero-order valence-electron chi connectivity index (χ0n) is 12.8. The Labute approximate surface area is 137 Å². The molecular weight excluding hydrogens is 308 g/mol. The molecule has 0 spiro atoms. The average molecular weight is 322 g/mol. The molecule has 0 fully saturated rings. The van der Waals surface area contributed by atoms with Crippen molar-refractivity contribution in [1.29, 1.82) is 0 Å². The molecule has 3 rings (SSSR count). The summed E-state index contributed by atoms with van der Waals surface area (Å²) >= 11 is 0. The van der Waals surface area contributed by atoms with E-state index in [1.54, 1.807) is 59.5 Å². The average Bonchev–Trinajstić information content (AvgIpc) is 3.16. The number of esters is 1. The molecule has 0 saturated heterocycles. The number of methoxy groups -OCH3 is 1. The quantitative estimate of drug-likeness (QED) is 0.745. The number of carbonyl (C=O) groups excluding carboxylic acids is 2. The van der Waals surface area contributed by atoms with E-state index in [2.05, 4.69) is 20.1 Å². The van der Waals surface area contributed by atoms with Crippen LogP contribution in [-0.4, -0.2) is 33.8 Å². The second kappa shape index (κ2) is 6.74. The monoisotopic (exact) mass is 322 g/mol. The van der Waals surface area contributed by atoms with Crippen LogP contribution >= 0.6 is 0 Å². The van der Waals surface area contributed by atoms with Gasteiger partial charge in [0.25, 0.3) is 5.91 Å². The van der Waals surface area contributed by atoms with Gasteiger partial charge in [0.1, 0.15) is 12.7 Å². The SMILES string of the molecule is COC(=O)c1cccc(NC(=O)c2ccc(-n3cncn3)cc2)c1. The zero-order chi connectivity index (χ0) is 16.9. The Morgan fingerprint density at radius 3 is 2.54 bits per heavy atom. The Morgan fingerprint density at radius 1 is 1.08 bits per heavy atom. The van der Waals surface area contributed by atoms with E-state index in [9.17, 15) is 9.59 Å². The van der Waals surface area contributed by atoms with Crippen LogP contribution < -0.4 is 5.32 Å². The molecule has 24 heavy (non-hydrogen) atoms. The molecule has 0 atom stereocenters. The summed E-state index contributed by atoms with van der Waals surface area (Å²) in [5.41, 5.74) is 2.18. The standard InChI is InChI=1S/C17H14N4O3/c1-24-17(23)13-3-2-4-14(9-13)20-16(22)12-5-7-15(8-6-12)21-11-18-10-19-21/h2-11H,1H3,(H,20,22). The van der Waals surface area contributed by atoms with Gasteiger partial charge in [-0.1, -0.05) is 6.07 Å². The Morgan fingerprint density at radius 2 is 1.88 bits per heavy atom. The molecule has 7 heteroatoms. The molecule has 3 aromatic rings. The van der Waals surface area contributed by atoms with E-state index in [1.165, 1.54) is 13.4 Å². The molecule has 2 aromatic carbocycles. The second-order valence-electron chi connectivity index (χ2n) is 4.91. The van der Waals surface area contributed by atoms with Crippen molar-refractivity contribution < 1.29 is 14.3 Å². The topological polar surface area (TPSA) is 86.1 Å². The fourth-order valence-electron chi connectivity index (χ4n) is 2.15. The van der Waals surface area contributed by atoms with E-state index in [1.807, 2.05) is 0 Å². The number of benzene rings is 2. The number of nitrogens with zero attached hydrogens (tertiary/aromatic N) is 3. The summed E-state index contributed by atoms with van der Waals surface area (Å²) in [5, 5.41) is 6.77. The fraction of sp³-hybridized carbons (Fsp3) is 0.0588. The third kappa shape index (κ3) is 3.30. The molecule has 0 aliphatic heterocycles. The van der Waals surface area contributed by atoms with Gasteiger partial charge < -0.3 is 10.1 Å². The molecule has 0 unspecified atom stereocenters. The maximum Gasteiger partial charge on any atom is 0.337 e. The minimum absolute atomic E-state index is 0.276. The van der Waals surface area contributed by atoms with Gasteiger partial charge in [-0.3, -0.25) is 4.79 Å². The van der Waals surface area contributed by atoms with Crippen LogP contribution in [0.25, 0.3) is 5.69 Å². The summed E-state index contributed by atoms with van der Waals surface area (Å²) in [6.07, 6.45) is 3.02. The van der Waals surface area contributed by atoms with Crippen molar-refractivity contribution in [2.24, 2.45) is 0 Å². The van der Waals surface area contributed by atoms with Gasteiger partial charge in [0.2, 0.25) is 0 Å². The maximum absolute atomic E-state index is 12.3. The summed E-state index contributed by atoms with van der Waals surface area (Å²) in [6.45, 7) is 0. The van der Waals surface area contributed by atoms with Gasteiger partial charge in [-0.2, -0.15) is 5.10 Å². The van der Waals surface area contributed by atoms with Crippen molar-refractivity contribution in [3.63, 3.8) is 0 Å². The summed E-state index contributed by atoms with van der Waals surface area (Å²) < 4.78 is 6.26. The number of nitrogens with one attached hydrogen (secondary N) is 1. The van der Waals surface area contributed by atoms with Gasteiger partial charge in [-0.05, 0) is 42.5 Å². The van der Waals surface area contributed by atoms with Gasteiger partial charge in [-0.25, -0.2) is 14.5 Å². The largest absolute Gasteiger partial charge is 0.465 e. The molecule has 0 saturated carbocycles. The molecule has 1 aromatic heterocycles. The zero-order valence-corrected chi connectivity index (χ0v) is 12.8. The van der Waals surface area contributed by atoms with E-state index < -0.39 is 5.97 Å². The number of amides is 1. The van der Waals surface area contributed by atoms with Crippen molar-refractivity contribution >= 4 is 17.6 Å². The Hall–Kier alpha value is -3.48. The first-order valence-corrected chi connectivity index (χ1v) is 7.12. The number of rotatable bonds is 4. The third-order valence-electron chi connectivity index (χ3n) is 3.35. The summed E-state index contributed by atoms with van der Waals surface area (Å²) in [5.74, 6) is -0.731. The lowest BCUT2D eigenvalue weighted by atomic mass is 10.1. The molecule has 0 bridgehead atoms. The van der Waals surface area contributed by atoms with E-state index in [-0.39, 0.29) is 5.91 Å². The molecule has 0 aliphatic rings. The van der Waals surface area contributed by atoms with Crippen molar-refractivity contribution in [2.45, 2.75) is 0 Å². The van der Waals surface area contributed by atoms with Gasteiger partial charge in [0.15, 0.2) is 0 Å². The lowest BCUT2D eigenvalue weighted by Gasteiger charge is -2.07. The molecule has 1 amide bonds. The lowest BCUT2D eigenvalue weighted by Crippen LogP contribution is -2.12. The fourth-order valence-corrected chi connectivity index (χ4v) is 2.15. The normalized spacial score (nSPS) is 10.2. The molecular formula is C17H14N4O3. The molecule has 7 nitrogen and oxygen atoms in total. The van der Waals surface area contributed by atoms with Crippen LogP contribution in [0.15, 0.2) is 61.2 Å². The first-order valence-electron chi connectivity index (χ1n) is 7.12. The molecule has 1 N–H and O–H groups in total. The Balaban J connectivity index is 1.74. The van der Waals surface area contributed by atoms with Crippen molar-refractivity contribution in [1.82, 2.24) is 14.8 Å². The summed E-state index contributed by atoms with van der Waals surface area (Å²) in [6, 6.07) is 13.5. The van der Waals surface area contributed by atoms with Crippen LogP contribution in [0.2, 0.25) is 0 Å². The van der Waals surface area contributed by atoms with Crippen molar-refractivity contribution in [3.8, 4) is 5.69 Å². The second-order valence-corrected chi connectivity index (χ2v) is 4.91. The first-order chi connectivity index (χ1) is 11.7. The van der Waals surface area contributed by atoms with Crippen LogP contribution in [0.4, 0.5) is 5.69 Å². The van der Waals surface area contributed by atoms with E-state index in [0.29, 0.717) is 16.8 Å². The predicted molar refractivity (Wildman–Crippen MR) is 87.1 cm³/mol. The summed E-state index contributed by atoms with van der Waals surface area (Å²) in [4.78, 5) is 27.7. The van der Waals surface area contributed by atoms with Crippen LogP contribution in [-0.2, 0) is 4.74 Å². The minimum atomic E-state index is -0.455. The highest BCUT2D eigenvalue weighted by molar-refractivity contribution is 6.05. The molecule has 0 aliphatic carbocycles. The predicted octanol–water partition coefficient (Wildman–Crippen LogP) is 2.31. The highest BCUT2D eigenvalue weighted by Crippen LogP contribution is 2.14. The number of ether oxygens (including phenoxy) is 1. The van der Waals surface area contributed by atoms with E-state index in [4.69, 9.17) is 0 Å². The van der Waals surface area contributed by atoms with Crippen molar-refractivity contribution in [3.05, 3.63) is 72.3 Å². The smallest absolute Gasteiger partial charge is 0.337 e. The lowest BCUT2D eigenvalue weighted by molar-refractivity contribution is 0.0600. The van der Waals surface area contributed by atoms with Gasteiger partial charge in [-0.15, -0.1) is 0 Å². The molecule has 120 valence electrons.